The van der Waals surface area contributed by atoms with E-state index >= 15 is 0 Å². The van der Waals surface area contributed by atoms with Gasteiger partial charge in [0.15, 0.2) is 0 Å². The third-order valence-electron chi connectivity index (χ3n) is 3.99. The number of likely N-dealkylation sites (N-methyl/N-ethyl adjacent to an activating group) is 1. The van der Waals surface area contributed by atoms with Crippen LogP contribution < -0.4 is 16.6 Å². The Morgan fingerprint density at radius 2 is 1.94 bits per heavy atom. The first kappa shape index (κ1) is 13.6. The molecule has 1 saturated carbocycles. The van der Waals surface area contributed by atoms with E-state index in [-0.39, 0.29) is 0 Å². The molecular formula is C13H27N5. The molecule has 18 heavy (non-hydrogen) atoms. The average Bonchev–Trinajstić information content (AvgIpc) is 2.39. The summed E-state index contributed by atoms with van der Waals surface area (Å²) < 4.78 is 0. The number of likely N-dealkylation sites (tertiary alicyclic amines) is 1. The highest BCUT2D eigenvalue weighted by Gasteiger charge is 2.19. The summed E-state index contributed by atoms with van der Waals surface area (Å²) in [6.45, 7) is 2.27. The lowest BCUT2D eigenvalue weighted by Crippen LogP contribution is -2.52. The summed E-state index contributed by atoms with van der Waals surface area (Å²) in [6, 6.07) is 0.931. The Labute approximate surface area is 110 Å². The third kappa shape index (κ3) is 4.14. The van der Waals surface area contributed by atoms with Gasteiger partial charge in [-0.05, 0) is 39.3 Å². The lowest BCUT2D eigenvalue weighted by Gasteiger charge is -2.31. The van der Waals surface area contributed by atoms with Crippen LogP contribution in [0.5, 0.6) is 0 Å². The Balaban J connectivity index is 1.85. The first-order chi connectivity index (χ1) is 8.78. The molecule has 0 spiro atoms. The number of nitrogens with two attached hydrogens (primary N) is 1. The number of nitrogens with one attached hydrogen (secondary N) is 2. The van der Waals surface area contributed by atoms with Gasteiger partial charge in [0.05, 0.1) is 6.04 Å². The molecule has 1 unspecified atom stereocenters. The van der Waals surface area contributed by atoms with Crippen molar-refractivity contribution in [1.29, 1.82) is 0 Å². The van der Waals surface area contributed by atoms with Gasteiger partial charge in [-0.15, -0.1) is 0 Å². The number of hydrazine groups is 1. The minimum atomic E-state index is 0.457. The minimum absolute atomic E-state index is 0.457. The van der Waals surface area contributed by atoms with Crippen molar-refractivity contribution in [3.8, 4) is 0 Å². The SMILES string of the molecule is CN1CCCC(NC(=NC2CCCCC2)NN)C1. The molecule has 1 heterocycles. The first-order valence-electron chi connectivity index (χ1n) is 7.27. The van der Waals surface area contributed by atoms with Crippen molar-refractivity contribution < 1.29 is 0 Å². The molecule has 1 atom stereocenters. The Morgan fingerprint density at radius 3 is 2.61 bits per heavy atom. The van der Waals surface area contributed by atoms with Crippen LogP contribution in [0.1, 0.15) is 44.9 Å². The number of nitrogens with zero attached hydrogens (tertiary/aromatic N) is 2. The number of piperidine rings is 1. The normalized spacial score (nSPS) is 28.1. The predicted molar refractivity (Wildman–Crippen MR) is 75.3 cm³/mol. The van der Waals surface area contributed by atoms with Crippen LogP contribution in [0, 0.1) is 0 Å². The van der Waals surface area contributed by atoms with Crippen LogP contribution in [0.2, 0.25) is 0 Å². The molecule has 0 aromatic carbocycles. The molecule has 0 aromatic rings. The quantitative estimate of drug-likeness (QED) is 0.295. The van der Waals surface area contributed by atoms with Gasteiger partial charge in [-0.2, -0.15) is 0 Å². The van der Waals surface area contributed by atoms with Crippen LogP contribution >= 0.6 is 0 Å². The number of hydrogen-bond acceptors (Lipinski definition) is 3. The first-order valence-corrected chi connectivity index (χ1v) is 7.27. The Morgan fingerprint density at radius 1 is 1.17 bits per heavy atom. The summed E-state index contributed by atoms with van der Waals surface area (Å²) in [5.74, 6) is 6.36. The van der Waals surface area contributed by atoms with Gasteiger partial charge >= 0.3 is 0 Å². The molecule has 1 aliphatic heterocycles. The van der Waals surface area contributed by atoms with Crippen molar-refractivity contribution in [3.05, 3.63) is 0 Å². The number of guanidine groups is 1. The van der Waals surface area contributed by atoms with E-state index in [1.807, 2.05) is 0 Å². The highest BCUT2D eigenvalue weighted by Crippen LogP contribution is 2.20. The second kappa shape index (κ2) is 6.95. The van der Waals surface area contributed by atoms with Gasteiger partial charge in [-0.3, -0.25) is 5.43 Å². The molecule has 0 amide bonds. The largest absolute Gasteiger partial charge is 0.351 e. The van der Waals surface area contributed by atoms with Crippen molar-refractivity contribution >= 4 is 5.96 Å². The summed E-state index contributed by atoms with van der Waals surface area (Å²) >= 11 is 0. The summed E-state index contributed by atoms with van der Waals surface area (Å²) in [5.41, 5.74) is 2.73. The molecule has 4 N–H and O–H groups in total. The number of hydrogen-bond donors (Lipinski definition) is 3. The molecule has 2 fully saturated rings. The van der Waals surface area contributed by atoms with Gasteiger partial charge < -0.3 is 10.2 Å². The molecule has 5 nitrogen and oxygen atoms in total. The smallest absolute Gasteiger partial charge is 0.206 e. The maximum absolute atomic E-state index is 5.58. The van der Waals surface area contributed by atoms with E-state index in [4.69, 9.17) is 10.8 Å². The van der Waals surface area contributed by atoms with Crippen molar-refractivity contribution in [1.82, 2.24) is 15.6 Å². The van der Waals surface area contributed by atoms with E-state index in [2.05, 4.69) is 22.7 Å². The van der Waals surface area contributed by atoms with Gasteiger partial charge in [0, 0.05) is 12.6 Å². The molecule has 0 aromatic heterocycles. The van der Waals surface area contributed by atoms with Crippen molar-refractivity contribution in [3.63, 3.8) is 0 Å². The van der Waals surface area contributed by atoms with Crippen molar-refractivity contribution in [2.45, 2.75) is 57.0 Å². The van der Waals surface area contributed by atoms with Gasteiger partial charge in [0.2, 0.25) is 5.96 Å². The fourth-order valence-corrected chi connectivity index (χ4v) is 2.99. The van der Waals surface area contributed by atoms with E-state index in [0.717, 1.165) is 12.5 Å². The molecular weight excluding hydrogens is 226 g/mol. The minimum Gasteiger partial charge on any atom is -0.351 e. The maximum atomic E-state index is 5.58. The summed E-state index contributed by atoms with van der Waals surface area (Å²) in [7, 11) is 2.17. The fourth-order valence-electron chi connectivity index (χ4n) is 2.99. The summed E-state index contributed by atoms with van der Waals surface area (Å²) in [5, 5.41) is 3.46. The van der Waals surface area contributed by atoms with E-state index in [0.29, 0.717) is 12.1 Å². The van der Waals surface area contributed by atoms with Crippen LogP contribution in [-0.2, 0) is 0 Å². The monoisotopic (exact) mass is 253 g/mol. The fraction of sp³-hybridized carbons (Fsp3) is 0.923. The third-order valence-corrected chi connectivity index (χ3v) is 3.99. The van der Waals surface area contributed by atoms with E-state index in [1.54, 1.807) is 0 Å². The number of aliphatic imine (C=N–C) groups is 1. The molecule has 1 saturated heterocycles. The zero-order valence-electron chi connectivity index (χ0n) is 11.5. The van der Waals surface area contributed by atoms with Crippen LogP contribution in [0.25, 0.3) is 0 Å². The molecule has 1 aliphatic carbocycles. The predicted octanol–water partition coefficient (Wildman–Crippen LogP) is 0.822. The summed E-state index contributed by atoms with van der Waals surface area (Å²) in [4.78, 5) is 7.08. The topological polar surface area (TPSA) is 65.7 Å². The highest BCUT2D eigenvalue weighted by atomic mass is 15.3. The molecule has 0 bridgehead atoms. The van der Waals surface area contributed by atoms with Crippen molar-refractivity contribution in [2.24, 2.45) is 10.8 Å². The van der Waals surface area contributed by atoms with Gasteiger partial charge in [-0.1, -0.05) is 19.3 Å². The zero-order valence-corrected chi connectivity index (χ0v) is 11.5. The molecule has 2 aliphatic rings. The van der Waals surface area contributed by atoms with E-state index in [1.165, 1.54) is 51.5 Å². The maximum Gasteiger partial charge on any atom is 0.206 e. The van der Waals surface area contributed by atoms with Gasteiger partial charge in [0.1, 0.15) is 0 Å². The number of rotatable bonds is 2. The molecule has 0 radical (unpaired) electrons. The van der Waals surface area contributed by atoms with Crippen LogP contribution in [-0.4, -0.2) is 43.1 Å². The average molecular weight is 253 g/mol. The van der Waals surface area contributed by atoms with Gasteiger partial charge in [-0.25, -0.2) is 10.8 Å². The van der Waals surface area contributed by atoms with E-state index < -0.39 is 0 Å². The van der Waals surface area contributed by atoms with Crippen LogP contribution in [0.3, 0.4) is 0 Å². The van der Waals surface area contributed by atoms with Gasteiger partial charge in [0.25, 0.3) is 0 Å². The second-order valence-corrected chi connectivity index (χ2v) is 5.66. The van der Waals surface area contributed by atoms with Crippen LogP contribution in [0.15, 0.2) is 4.99 Å². The molecule has 5 heteroatoms. The molecule has 2 rings (SSSR count). The summed E-state index contributed by atoms with van der Waals surface area (Å²) in [6.07, 6.45) is 8.83. The van der Waals surface area contributed by atoms with Crippen LogP contribution in [0.4, 0.5) is 0 Å². The Hall–Kier alpha value is -0.810. The van der Waals surface area contributed by atoms with E-state index in [9.17, 15) is 0 Å². The molecule has 104 valence electrons. The Bertz CT molecular complexity index is 273. The second-order valence-electron chi connectivity index (χ2n) is 5.66. The lowest BCUT2D eigenvalue weighted by molar-refractivity contribution is 0.240. The van der Waals surface area contributed by atoms with Crippen molar-refractivity contribution in [2.75, 3.05) is 20.1 Å². The lowest BCUT2D eigenvalue weighted by atomic mass is 9.96. The zero-order chi connectivity index (χ0) is 12.8. The Kier molecular flexibility index (Phi) is 5.26. The highest BCUT2D eigenvalue weighted by molar-refractivity contribution is 5.79. The standard InChI is InChI=1S/C13H27N5/c1-18-9-5-8-12(10-18)16-13(17-14)15-11-6-3-2-4-7-11/h11-12H,2-10,14H2,1H3,(H2,15,16,17).